The quantitative estimate of drug-likeness (QED) is 0.737. The van der Waals surface area contributed by atoms with Gasteiger partial charge in [-0.2, -0.15) is 0 Å². The first kappa shape index (κ1) is 6.90. The lowest BCUT2D eigenvalue weighted by Crippen LogP contribution is -1.90. The summed E-state index contributed by atoms with van der Waals surface area (Å²) in [5, 5.41) is 1.03. The van der Waals surface area contributed by atoms with E-state index in [0.717, 1.165) is 8.96 Å². The van der Waals surface area contributed by atoms with E-state index in [9.17, 15) is 0 Å². The maximum absolute atomic E-state index is 5.56. The van der Waals surface area contributed by atoms with Gasteiger partial charge in [-0.25, -0.2) is 4.98 Å². The molecule has 0 bridgehead atoms. The van der Waals surface area contributed by atoms with Crippen LogP contribution in [0.1, 0.15) is 0 Å². The fourth-order valence-electron chi connectivity index (χ4n) is 0.950. The zero-order valence-electron chi connectivity index (χ0n) is 5.54. The number of nitrogens with two attached hydrogens (primary N) is 1. The number of fused-ring (bicyclic) bond motifs is 1. The van der Waals surface area contributed by atoms with Crippen molar-refractivity contribution < 1.29 is 4.42 Å². The van der Waals surface area contributed by atoms with Crippen LogP contribution in [0.15, 0.2) is 22.9 Å². The van der Waals surface area contributed by atoms with Gasteiger partial charge in [0, 0.05) is 15.2 Å². The third kappa shape index (κ3) is 0.973. The van der Waals surface area contributed by atoms with E-state index in [1.807, 2.05) is 6.07 Å². The highest BCUT2D eigenvalue weighted by Gasteiger charge is 2.04. The van der Waals surface area contributed by atoms with Gasteiger partial charge in [-0.15, -0.1) is 0 Å². The molecule has 0 saturated carbocycles. The third-order valence-electron chi connectivity index (χ3n) is 1.47. The van der Waals surface area contributed by atoms with E-state index in [1.165, 1.54) is 0 Å². The molecule has 2 aromatic rings. The van der Waals surface area contributed by atoms with Gasteiger partial charge in [-0.1, -0.05) is 0 Å². The highest BCUT2D eigenvalue weighted by Crippen LogP contribution is 2.24. The highest BCUT2D eigenvalue weighted by atomic mass is 127. The van der Waals surface area contributed by atoms with Crippen LogP contribution in [0.5, 0.6) is 0 Å². The largest absolute Gasteiger partial charge is 0.460 e. The molecule has 0 spiro atoms. The van der Waals surface area contributed by atoms with Gasteiger partial charge in [0.05, 0.1) is 6.26 Å². The second-order valence-electron chi connectivity index (χ2n) is 2.15. The fraction of sp³-hybridized carbons (Fsp3) is 0. The normalized spacial score (nSPS) is 10.6. The van der Waals surface area contributed by atoms with Gasteiger partial charge in [-0.3, -0.25) is 0 Å². The van der Waals surface area contributed by atoms with Crippen molar-refractivity contribution in [2.24, 2.45) is 0 Å². The zero-order chi connectivity index (χ0) is 7.84. The van der Waals surface area contributed by atoms with E-state index in [0.29, 0.717) is 11.4 Å². The second-order valence-corrected chi connectivity index (χ2v) is 3.32. The minimum absolute atomic E-state index is 0.449. The predicted molar refractivity (Wildman–Crippen MR) is 51.1 cm³/mol. The molecule has 56 valence electrons. The molecule has 0 fully saturated rings. The lowest BCUT2D eigenvalue weighted by Gasteiger charge is -1.94. The molecular formula is C7H5IN2O. The Morgan fingerprint density at radius 1 is 1.55 bits per heavy atom. The maximum atomic E-state index is 5.56. The van der Waals surface area contributed by atoms with Gasteiger partial charge >= 0.3 is 0 Å². The van der Waals surface area contributed by atoms with E-state index >= 15 is 0 Å². The van der Waals surface area contributed by atoms with Crippen LogP contribution in [0.4, 0.5) is 5.82 Å². The third-order valence-corrected chi connectivity index (χ3v) is 2.33. The molecule has 3 nitrogen and oxygen atoms in total. The van der Waals surface area contributed by atoms with E-state index in [-0.39, 0.29) is 0 Å². The predicted octanol–water partition coefficient (Wildman–Crippen LogP) is 2.01. The first-order chi connectivity index (χ1) is 5.29. The molecule has 2 N–H and O–H groups in total. The number of anilines is 1. The summed E-state index contributed by atoms with van der Waals surface area (Å²) < 4.78 is 6.19. The van der Waals surface area contributed by atoms with Crippen molar-refractivity contribution in [1.82, 2.24) is 4.98 Å². The molecule has 0 aliphatic rings. The van der Waals surface area contributed by atoms with Crippen LogP contribution in [-0.2, 0) is 0 Å². The molecule has 0 atom stereocenters. The van der Waals surface area contributed by atoms with E-state index in [4.69, 9.17) is 10.2 Å². The number of furan rings is 1. The summed E-state index contributed by atoms with van der Waals surface area (Å²) in [6.45, 7) is 0. The van der Waals surface area contributed by atoms with Gasteiger partial charge < -0.3 is 10.2 Å². The van der Waals surface area contributed by atoms with Crippen molar-refractivity contribution in [3.63, 3.8) is 0 Å². The van der Waals surface area contributed by atoms with Crippen LogP contribution < -0.4 is 5.73 Å². The van der Waals surface area contributed by atoms with Crippen LogP contribution in [-0.4, -0.2) is 4.98 Å². The smallest absolute Gasteiger partial charge is 0.176 e. The average Bonchev–Trinajstić information content (AvgIpc) is 2.45. The lowest BCUT2D eigenvalue weighted by atomic mass is 10.3. The highest BCUT2D eigenvalue weighted by molar-refractivity contribution is 14.1. The summed E-state index contributed by atoms with van der Waals surface area (Å²) in [6.07, 6.45) is 3.35. The molecular weight excluding hydrogens is 255 g/mol. The van der Waals surface area contributed by atoms with Gasteiger partial charge in [0.2, 0.25) is 0 Å². The molecule has 4 heteroatoms. The van der Waals surface area contributed by atoms with Gasteiger partial charge in [0.25, 0.3) is 0 Å². The monoisotopic (exact) mass is 260 g/mol. The summed E-state index contributed by atoms with van der Waals surface area (Å²) in [7, 11) is 0. The average molecular weight is 260 g/mol. The minimum atomic E-state index is 0.449. The van der Waals surface area contributed by atoms with Gasteiger partial charge in [0.15, 0.2) is 11.4 Å². The van der Waals surface area contributed by atoms with Crippen molar-refractivity contribution in [3.8, 4) is 0 Å². The standard InChI is InChI=1S/C7H5IN2O/c8-5-3-10-7(9)6-4(5)1-2-11-6/h1-3H,(H2,9,10). The molecule has 0 radical (unpaired) electrons. The van der Waals surface area contributed by atoms with Crippen LogP contribution in [0.2, 0.25) is 0 Å². The zero-order valence-corrected chi connectivity index (χ0v) is 7.70. The lowest BCUT2D eigenvalue weighted by molar-refractivity contribution is 0.616. The molecule has 0 aromatic carbocycles. The Kier molecular flexibility index (Phi) is 1.49. The molecule has 0 amide bonds. The fourth-order valence-corrected chi connectivity index (χ4v) is 1.51. The van der Waals surface area contributed by atoms with Crippen molar-refractivity contribution >= 4 is 39.4 Å². The summed E-state index contributed by atoms with van der Waals surface area (Å²) >= 11 is 2.19. The molecule has 0 aliphatic carbocycles. The van der Waals surface area contributed by atoms with Crippen LogP contribution in [0, 0.1) is 3.57 Å². The second kappa shape index (κ2) is 2.37. The molecule has 11 heavy (non-hydrogen) atoms. The number of nitrogen functional groups attached to an aromatic ring is 1. The summed E-state index contributed by atoms with van der Waals surface area (Å²) in [5.41, 5.74) is 6.24. The number of hydrogen-bond acceptors (Lipinski definition) is 3. The number of hydrogen-bond donors (Lipinski definition) is 1. The van der Waals surface area contributed by atoms with Crippen molar-refractivity contribution in [2.45, 2.75) is 0 Å². The Morgan fingerprint density at radius 3 is 3.09 bits per heavy atom. The number of aromatic nitrogens is 1. The number of nitrogens with zero attached hydrogens (tertiary/aromatic N) is 1. The van der Waals surface area contributed by atoms with Gasteiger partial charge in [0.1, 0.15) is 0 Å². The SMILES string of the molecule is Nc1ncc(I)c2ccoc12. The van der Waals surface area contributed by atoms with Crippen molar-refractivity contribution in [2.75, 3.05) is 5.73 Å². The maximum Gasteiger partial charge on any atom is 0.176 e. The first-order valence-electron chi connectivity index (χ1n) is 3.06. The first-order valence-corrected chi connectivity index (χ1v) is 4.14. The Morgan fingerprint density at radius 2 is 2.36 bits per heavy atom. The van der Waals surface area contributed by atoms with E-state index < -0.39 is 0 Å². The topological polar surface area (TPSA) is 52.0 Å². The van der Waals surface area contributed by atoms with E-state index in [2.05, 4.69) is 27.6 Å². The van der Waals surface area contributed by atoms with Crippen LogP contribution in [0.3, 0.4) is 0 Å². The molecule has 0 aliphatic heterocycles. The van der Waals surface area contributed by atoms with Crippen LogP contribution in [0.25, 0.3) is 11.0 Å². The molecule has 0 saturated heterocycles. The Bertz CT molecular complexity index is 360. The van der Waals surface area contributed by atoms with E-state index in [1.54, 1.807) is 12.5 Å². The number of rotatable bonds is 0. The van der Waals surface area contributed by atoms with Crippen molar-refractivity contribution in [1.29, 1.82) is 0 Å². The molecule has 2 aromatic heterocycles. The Hall–Kier alpha value is -0.780. The molecule has 2 heterocycles. The number of halogens is 1. The van der Waals surface area contributed by atoms with Crippen molar-refractivity contribution in [3.05, 3.63) is 22.1 Å². The van der Waals surface area contributed by atoms with Crippen LogP contribution >= 0.6 is 22.6 Å². The van der Waals surface area contributed by atoms with Gasteiger partial charge in [-0.05, 0) is 28.7 Å². The molecule has 2 rings (SSSR count). The summed E-state index contributed by atoms with van der Waals surface area (Å²) in [4.78, 5) is 3.96. The summed E-state index contributed by atoms with van der Waals surface area (Å²) in [5.74, 6) is 0.449. The Balaban J connectivity index is 2.96. The number of pyridine rings is 1. The Labute approximate surface area is 76.7 Å². The minimum Gasteiger partial charge on any atom is -0.460 e. The summed E-state index contributed by atoms with van der Waals surface area (Å²) in [6, 6.07) is 1.88. The molecule has 0 unspecified atom stereocenters.